The Bertz CT molecular complexity index is 4120. The van der Waals surface area contributed by atoms with Gasteiger partial charge in [0.2, 0.25) is 0 Å². The number of carbonyl (C=O) groups excluding carboxylic acids is 4. The van der Waals surface area contributed by atoms with E-state index in [1.165, 1.54) is 6.92 Å². The molecule has 0 aliphatic carbocycles. The maximum atomic E-state index is 15.6. The summed E-state index contributed by atoms with van der Waals surface area (Å²) in [6.45, 7) is 3.32. The second-order valence-electron chi connectivity index (χ2n) is 26.4. The van der Waals surface area contributed by atoms with Gasteiger partial charge in [0, 0.05) is 6.42 Å². The number of carbonyl (C=O) groups is 4. The summed E-state index contributed by atoms with van der Waals surface area (Å²) in [5, 5.41) is 0. The molecule has 0 spiro atoms. The molecule has 0 bridgehead atoms. The third-order valence-electron chi connectivity index (χ3n) is 18.8. The Hall–Kier alpha value is -9.26. The SMILES string of the molecule is CC(=O)CCO[C@@H]1O[C@H](COCc2ccccc2)[C@@H](O[C@@H]2O[C@H](COCc3ccccc3)[C@H](OCc3ccccc3)[C@H](OCc3ccccc3)[C@H]2OC(=O)c2ccccc2)[C@H](O[C@@H]2O[C@@H](C)[C@@H](OCc3ccccc3)[C@@H](OCc3ccccc3)[C@@H]2OCc2ccccc2)[C@H]1N1C(=O)c2ccccc2C1=O. The van der Waals surface area contributed by atoms with Crippen LogP contribution in [0.5, 0.6) is 0 Å². The molecule has 19 heteroatoms. The molecule has 0 aromatic heterocycles. The van der Waals surface area contributed by atoms with Gasteiger partial charge in [-0.3, -0.25) is 19.3 Å². The zero-order chi connectivity index (χ0) is 72.1. The minimum atomic E-state index is -1.68. The first-order valence-electron chi connectivity index (χ1n) is 35.7. The number of fused-ring (bicyclic) bond motifs is 1. The maximum absolute atomic E-state index is 15.6. The van der Waals surface area contributed by atoms with Crippen LogP contribution >= 0.6 is 0 Å². The van der Waals surface area contributed by atoms with Crippen LogP contribution in [0.25, 0.3) is 0 Å². The molecular weight excluding hydrogens is 1330 g/mol. The van der Waals surface area contributed by atoms with Gasteiger partial charge in [-0.2, -0.15) is 0 Å². The fraction of sp³-hybridized carbons (Fsp3) is 0.326. The maximum Gasteiger partial charge on any atom is 0.338 e. The van der Waals surface area contributed by atoms with Crippen LogP contribution in [0.15, 0.2) is 267 Å². The van der Waals surface area contributed by atoms with Gasteiger partial charge in [0.15, 0.2) is 25.0 Å². The molecule has 0 saturated carbocycles. The summed E-state index contributed by atoms with van der Waals surface area (Å²) in [6, 6.07) is 81.0. The van der Waals surface area contributed by atoms with Crippen LogP contribution in [0.4, 0.5) is 0 Å². The van der Waals surface area contributed by atoms with Gasteiger partial charge in [-0.1, -0.05) is 243 Å². The lowest BCUT2D eigenvalue weighted by atomic mass is 9.93. The van der Waals surface area contributed by atoms with Gasteiger partial charge in [-0.15, -0.1) is 0 Å². The Kier molecular flexibility index (Phi) is 26.2. The van der Waals surface area contributed by atoms with Gasteiger partial charge in [0.1, 0.15) is 66.8 Å². The number of ether oxygens (including phenoxy) is 14. The predicted molar refractivity (Wildman–Crippen MR) is 386 cm³/mol. The summed E-state index contributed by atoms with van der Waals surface area (Å²) in [5.41, 5.74) is 6.34. The number of imide groups is 1. The van der Waals surface area contributed by atoms with E-state index in [4.69, 9.17) is 66.3 Å². The average Bonchev–Trinajstić information content (AvgIpc) is 1.64. The van der Waals surface area contributed by atoms with Gasteiger partial charge in [0.05, 0.1) is 88.9 Å². The lowest BCUT2D eigenvalue weighted by Gasteiger charge is -2.53. The molecule has 3 fully saturated rings. The zero-order valence-electron chi connectivity index (χ0n) is 58.6. The van der Waals surface area contributed by atoms with Crippen molar-refractivity contribution in [3.05, 3.63) is 323 Å². The predicted octanol–water partition coefficient (Wildman–Crippen LogP) is 13.2. The molecule has 9 aromatic carbocycles. The summed E-state index contributed by atoms with van der Waals surface area (Å²) in [7, 11) is 0. The fourth-order valence-electron chi connectivity index (χ4n) is 13.5. The number of Topliss-reactive ketones (excluding diaryl/α,β-unsaturated/α-hetero) is 1. The number of hydrogen-bond acceptors (Lipinski definition) is 18. The second-order valence-corrected chi connectivity index (χ2v) is 26.4. The van der Waals surface area contributed by atoms with Crippen LogP contribution in [-0.2, 0) is 117 Å². The molecule has 0 unspecified atom stereocenters. The zero-order valence-corrected chi connectivity index (χ0v) is 58.6. The highest BCUT2D eigenvalue weighted by molar-refractivity contribution is 6.21. The van der Waals surface area contributed by atoms with Crippen molar-refractivity contribution in [3.8, 4) is 0 Å². The van der Waals surface area contributed by atoms with E-state index in [0.29, 0.717) is 0 Å². The standard InChI is InChI=1S/C86H87NO18/c1-58(88)47-48-94-84-72(87-81(89)68-45-27-28-46-69(68)82(87)90)76(105-85-79(99-55-66-41-23-9-24-42-66)77(97-53-64-37-19-7-20-38-64)73(59(2)100-85)95-51-62-33-15-5-16-34-62)75(71(101-84)57-93-50-61-31-13-4-14-32-61)104-86-80(103-83(91)67-43-25-10-26-44-67)78(98-54-65-39-21-8-22-40-65)74(96-52-63-35-17-6-18-36-63)70(102-86)56-92-49-60-29-11-3-12-30-60/h3-46,59,70-80,84-86H,47-57H2,1-2H3/t59-,70+,71+,72+,73+,74-,75+,76+,77+,78-,79-,80+,84+,85-,86-/m0/s1. The van der Waals surface area contributed by atoms with Crippen LogP contribution < -0.4 is 0 Å². The summed E-state index contributed by atoms with van der Waals surface area (Å²) >= 11 is 0. The molecule has 4 heterocycles. The Morgan fingerprint density at radius 3 is 1.13 bits per heavy atom. The molecule has 9 aromatic rings. The summed E-state index contributed by atoms with van der Waals surface area (Å²) in [5.74, 6) is -2.35. The van der Waals surface area contributed by atoms with Crippen LogP contribution in [0, 0.1) is 0 Å². The van der Waals surface area contributed by atoms with Crippen molar-refractivity contribution in [2.24, 2.45) is 0 Å². The molecule has 19 nitrogen and oxygen atoms in total. The third-order valence-corrected chi connectivity index (χ3v) is 18.8. The van der Waals surface area contributed by atoms with Crippen molar-refractivity contribution in [1.82, 2.24) is 4.90 Å². The largest absolute Gasteiger partial charge is 0.450 e. The third kappa shape index (κ3) is 19.4. The van der Waals surface area contributed by atoms with E-state index in [1.54, 1.807) is 54.6 Å². The summed E-state index contributed by atoms with van der Waals surface area (Å²) in [6.07, 6.45) is -17.9. The molecule has 4 aliphatic heterocycles. The Morgan fingerprint density at radius 1 is 0.352 bits per heavy atom. The minimum Gasteiger partial charge on any atom is -0.450 e. The van der Waals surface area contributed by atoms with Crippen molar-refractivity contribution in [1.29, 1.82) is 0 Å². The minimum absolute atomic E-state index is 0.000862. The van der Waals surface area contributed by atoms with Crippen molar-refractivity contribution in [2.75, 3.05) is 19.8 Å². The first-order valence-corrected chi connectivity index (χ1v) is 35.7. The van der Waals surface area contributed by atoms with Gasteiger partial charge in [-0.05, 0) is 77.1 Å². The van der Waals surface area contributed by atoms with Crippen molar-refractivity contribution in [2.45, 2.75) is 159 Å². The monoisotopic (exact) mass is 1420 g/mol. The molecule has 0 radical (unpaired) electrons. The summed E-state index contributed by atoms with van der Waals surface area (Å²) in [4.78, 5) is 60.5. The number of ketones is 1. The normalized spacial score (nSPS) is 25.2. The van der Waals surface area contributed by atoms with Crippen LogP contribution in [0.1, 0.15) is 90.3 Å². The van der Waals surface area contributed by atoms with Gasteiger partial charge in [-0.25, -0.2) is 4.79 Å². The molecular formula is C86H87NO18. The van der Waals surface area contributed by atoms with E-state index in [9.17, 15) is 4.79 Å². The molecule has 0 N–H and O–H groups in total. The van der Waals surface area contributed by atoms with E-state index >= 15 is 14.4 Å². The molecule has 544 valence electrons. The van der Waals surface area contributed by atoms with Crippen LogP contribution in [-0.4, -0.2) is 140 Å². The number of rotatable bonds is 34. The number of nitrogens with zero attached hydrogens (tertiary/aromatic N) is 1. The molecule has 2 amide bonds. The summed E-state index contributed by atoms with van der Waals surface area (Å²) < 4.78 is 99.9. The smallest absolute Gasteiger partial charge is 0.338 e. The first kappa shape index (κ1) is 74.0. The van der Waals surface area contributed by atoms with Crippen LogP contribution in [0.2, 0.25) is 0 Å². The van der Waals surface area contributed by atoms with Gasteiger partial charge >= 0.3 is 5.97 Å². The Labute approximate surface area is 612 Å². The van der Waals surface area contributed by atoms with Gasteiger partial charge in [0.25, 0.3) is 11.8 Å². The van der Waals surface area contributed by atoms with E-state index in [2.05, 4.69) is 0 Å². The van der Waals surface area contributed by atoms with E-state index in [0.717, 1.165) is 43.8 Å². The first-order chi connectivity index (χ1) is 51.6. The number of hydrogen-bond donors (Lipinski definition) is 0. The average molecular weight is 1420 g/mol. The van der Waals surface area contributed by atoms with E-state index in [-0.39, 0.29) is 95.0 Å². The molecule has 3 saturated heterocycles. The van der Waals surface area contributed by atoms with E-state index < -0.39 is 110 Å². The van der Waals surface area contributed by atoms with Crippen LogP contribution in [0.3, 0.4) is 0 Å². The molecule has 13 rings (SSSR count). The Balaban J connectivity index is 0.981. The van der Waals surface area contributed by atoms with E-state index in [1.807, 2.05) is 219 Å². The lowest BCUT2D eigenvalue weighted by molar-refractivity contribution is -0.385. The van der Waals surface area contributed by atoms with Crippen molar-refractivity contribution < 1.29 is 85.5 Å². The number of esters is 1. The van der Waals surface area contributed by atoms with Gasteiger partial charge < -0.3 is 66.3 Å². The number of amides is 2. The highest BCUT2D eigenvalue weighted by atomic mass is 16.8. The second kappa shape index (κ2) is 37.1. The Morgan fingerprint density at radius 2 is 0.695 bits per heavy atom. The molecule has 15 atom stereocenters. The molecule has 4 aliphatic rings. The molecule has 105 heavy (non-hydrogen) atoms. The van der Waals surface area contributed by atoms with Crippen molar-refractivity contribution in [3.63, 3.8) is 0 Å². The number of benzene rings is 9. The fourth-order valence-corrected chi connectivity index (χ4v) is 13.5. The lowest BCUT2D eigenvalue weighted by Crippen LogP contribution is -2.71. The highest BCUT2D eigenvalue weighted by Crippen LogP contribution is 2.42. The highest BCUT2D eigenvalue weighted by Gasteiger charge is 2.61. The van der Waals surface area contributed by atoms with Crippen molar-refractivity contribution >= 4 is 23.6 Å². The topological polar surface area (TPSA) is 201 Å². The quantitative estimate of drug-likeness (QED) is 0.0272.